The Morgan fingerprint density at radius 1 is 0.893 bits per heavy atom. The Kier molecular flexibility index (Phi) is 3.54. The van der Waals surface area contributed by atoms with Crippen molar-refractivity contribution in [1.82, 2.24) is 0 Å². The highest BCUT2D eigenvalue weighted by molar-refractivity contribution is 5.71. The number of benzene rings is 2. The molecule has 0 spiro atoms. The van der Waals surface area contributed by atoms with Crippen LogP contribution in [-0.4, -0.2) is 12.8 Å². The molecule has 1 aliphatic carbocycles. The second-order valence-electron chi connectivity index (χ2n) is 7.77. The van der Waals surface area contributed by atoms with E-state index >= 15 is 0 Å². The predicted molar refractivity (Wildman–Crippen MR) is 107 cm³/mol. The summed E-state index contributed by atoms with van der Waals surface area (Å²) in [4.78, 5) is 0. The second-order valence-corrected chi connectivity index (χ2v) is 7.77. The van der Waals surface area contributed by atoms with Gasteiger partial charge in [0.25, 0.3) is 0 Å². The molecule has 3 aromatic rings. The monoisotopic (exact) mass is 374 g/mol. The van der Waals surface area contributed by atoms with Gasteiger partial charge in [0.1, 0.15) is 17.6 Å². The molecule has 2 aromatic carbocycles. The molecule has 3 aliphatic rings. The highest BCUT2D eigenvalue weighted by Crippen LogP contribution is 2.41. The number of ether oxygens (including phenoxy) is 2. The number of rotatable bonds is 2. The number of furan rings is 1. The van der Waals surface area contributed by atoms with E-state index in [0.717, 1.165) is 60.2 Å². The molecule has 0 radical (unpaired) electrons. The lowest BCUT2D eigenvalue weighted by Gasteiger charge is -2.27. The molecule has 0 amide bonds. The van der Waals surface area contributed by atoms with Gasteiger partial charge in [-0.1, -0.05) is 24.3 Å². The summed E-state index contributed by atoms with van der Waals surface area (Å²) < 4.78 is 18.4. The van der Waals surface area contributed by atoms with Gasteiger partial charge in [-0.05, 0) is 48.7 Å². The number of hydrogen-bond donors (Lipinski definition) is 2. The zero-order valence-electron chi connectivity index (χ0n) is 15.5. The van der Waals surface area contributed by atoms with Crippen molar-refractivity contribution in [3.05, 3.63) is 71.7 Å². The zero-order valence-corrected chi connectivity index (χ0v) is 15.5. The summed E-state index contributed by atoms with van der Waals surface area (Å²) >= 11 is 0. The molecule has 0 bridgehead atoms. The fourth-order valence-electron chi connectivity index (χ4n) is 4.46. The van der Waals surface area contributed by atoms with Gasteiger partial charge in [0.05, 0.1) is 11.4 Å². The smallest absolute Gasteiger partial charge is 0.244 e. The van der Waals surface area contributed by atoms with Crippen molar-refractivity contribution in [3.8, 4) is 11.5 Å². The van der Waals surface area contributed by atoms with Crippen LogP contribution in [0.2, 0.25) is 0 Å². The van der Waals surface area contributed by atoms with Gasteiger partial charge in [0.15, 0.2) is 11.5 Å². The van der Waals surface area contributed by atoms with Crippen LogP contribution in [-0.2, 0) is 12.8 Å². The number of aryl methyl sites for hydroxylation is 1. The van der Waals surface area contributed by atoms with Crippen molar-refractivity contribution in [2.24, 2.45) is 5.92 Å². The third-order valence-electron chi connectivity index (χ3n) is 5.96. The van der Waals surface area contributed by atoms with E-state index in [-0.39, 0.29) is 12.3 Å². The number of anilines is 2. The summed E-state index contributed by atoms with van der Waals surface area (Å²) in [6.07, 6.45) is 2.68. The van der Waals surface area contributed by atoms with E-state index in [4.69, 9.17) is 13.9 Å². The molecule has 3 heterocycles. The van der Waals surface area contributed by atoms with Crippen molar-refractivity contribution in [1.29, 1.82) is 0 Å². The molecule has 0 saturated carbocycles. The number of para-hydroxylation sites is 4. The van der Waals surface area contributed by atoms with E-state index < -0.39 is 0 Å². The SMILES string of the molecule is c1ccc2c(c1)NCC(c1cc3c(o1)CC(C1Oc4ccccc4O1)CC3)N2. The number of fused-ring (bicyclic) bond motifs is 3. The maximum Gasteiger partial charge on any atom is 0.244 e. The minimum absolute atomic E-state index is 0.141. The first-order chi connectivity index (χ1) is 13.8. The van der Waals surface area contributed by atoms with Gasteiger partial charge in [-0.2, -0.15) is 0 Å². The summed E-state index contributed by atoms with van der Waals surface area (Å²) in [5, 5.41) is 7.09. The Hall–Kier alpha value is -3.08. The molecule has 1 aromatic heterocycles. The summed E-state index contributed by atoms with van der Waals surface area (Å²) in [5.74, 6) is 4.07. The summed E-state index contributed by atoms with van der Waals surface area (Å²) in [7, 11) is 0. The maximum absolute atomic E-state index is 6.31. The maximum atomic E-state index is 6.31. The van der Waals surface area contributed by atoms with Crippen molar-refractivity contribution < 1.29 is 13.9 Å². The quantitative estimate of drug-likeness (QED) is 0.677. The van der Waals surface area contributed by atoms with Crippen LogP contribution in [0.4, 0.5) is 11.4 Å². The third-order valence-corrected chi connectivity index (χ3v) is 5.96. The third kappa shape index (κ3) is 2.61. The van der Waals surface area contributed by atoms with E-state index in [1.807, 2.05) is 36.4 Å². The molecule has 0 fully saturated rings. The van der Waals surface area contributed by atoms with E-state index in [1.165, 1.54) is 5.56 Å². The van der Waals surface area contributed by atoms with Crippen LogP contribution in [0.15, 0.2) is 59.0 Å². The average molecular weight is 374 g/mol. The van der Waals surface area contributed by atoms with Crippen LogP contribution in [0, 0.1) is 5.92 Å². The van der Waals surface area contributed by atoms with Gasteiger partial charge in [0.2, 0.25) is 6.29 Å². The van der Waals surface area contributed by atoms with Crippen molar-refractivity contribution in [2.75, 3.05) is 17.2 Å². The molecule has 2 unspecified atom stereocenters. The van der Waals surface area contributed by atoms with Gasteiger partial charge in [-0.25, -0.2) is 0 Å². The van der Waals surface area contributed by atoms with E-state index in [2.05, 4.69) is 28.8 Å². The molecule has 5 nitrogen and oxygen atoms in total. The molecule has 2 N–H and O–H groups in total. The molecule has 2 aliphatic heterocycles. The first kappa shape index (κ1) is 15.9. The van der Waals surface area contributed by atoms with Gasteiger partial charge in [-0.15, -0.1) is 0 Å². The standard InChI is InChI=1S/C23H22N2O3/c1-2-6-17-16(5-1)24-13-18(25-17)22-11-14-9-10-15(12-21(14)26-22)23-27-19-7-3-4-8-20(19)28-23/h1-8,11,15,18,23-25H,9-10,12-13H2. The minimum Gasteiger partial charge on any atom is -0.464 e. The molecule has 0 saturated heterocycles. The van der Waals surface area contributed by atoms with Crippen LogP contribution >= 0.6 is 0 Å². The largest absolute Gasteiger partial charge is 0.464 e. The lowest BCUT2D eigenvalue weighted by molar-refractivity contribution is -0.0111. The highest BCUT2D eigenvalue weighted by Gasteiger charge is 2.36. The number of hydrogen-bond acceptors (Lipinski definition) is 5. The van der Waals surface area contributed by atoms with Crippen molar-refractivity contribution in [2.45, 2.75) is 31.6 Å². The lowest BCUT2D eigenvalue weighted by Crippen LogP contribution is -2.32. The first-order valence-corrected chi connectivity index (χ1v) is 9.97. The Morgan fingerprint density at radius 2 is 1.64 bits per heavy atom. The predicted octanol–water partition coefficient (Wildman–Crippen LogP) is 4.76. The minimum atomic E-state index is -0.222. The van der Waals surface area contributed by atoms with Crippen LogP contribution in [0.25, 0.3) is 0 Å². The summed E-state index contributed by atoms with van der Waals surface area (Å²) in [6, 6.07) is 18.5. The normalized spacial score (nSPS) is 22.7. The second kappa shape index (κ2) is 6.23. The van der Waals surface area contributed by atoms with Crippen LogP contribution in [0.5, 0.6) is 11.5 Å². The Bertz CT molecular complexity index is 1000. The summed E-state index contributed by atoms with van der Waals surface area (Å²) in [6.45, 7) is 0.816. The van der Waals surface area contributed by atoms with Crippen LogP contribution in [0.1, 0.15) is 29.5 Å². The lowest BCUT2D eigenvalue weighted by atomic mass is 9.88. The zero-order chi connectivity index (χ0) is 18.5. The van der Waals surface area contributed by atoms with Gasteiger partial charge in [-0.3, -0.25) is 0 Å². The molecular weight excluding hydrogens is 352 g/mol. The Balaban J connectivity index is 1.19. The van der Waals surface area contributed by atoms with E-state index in [9.17, 15) is 0 Å². The molecule has 2 atom stereocenters. The first-order valence-electron chi connectivity index (χ1n) is 9.97. The molecule has 142 valence electrons. The van der Waals surface area contributed by atoms with Crippen molar-refractivity contribution in [3.63, 3.8) is 0 Å². The molecule has 5 heteroatoms. The van der Waals surface area contributed by atoms with Crippen molar-refractivity contribution >= 4 is 11.4 Å². The molecular formula is C23H22N2O3. The van der Waals surface area contributed by atoms with Crippen LogP contribution in [0.3, 0.4) is 0 Å². The summed E-state index contributed by atoms with van der Waals surface area (Å²) in [5.41, 5.74) is 3.59. The van der Waals surface area contributed by atoms with Crippen LogP contribution < -0.4 is 20.1 Å². The van der Waals surface area contributed by atoms with Gasteiger partial charge < -0.3 is 24.5 Å². The average Bonchev–Trinajstić information content (AvgIpc) is 3.37. The van der Waals surface area contributed by atoms with E-state index in [0.29, 0.717) is 5.92 Å². The van der Waals surface area contributed by atoms with Gasteiger partial charge >= 0.3 is 0 Å². The fraction of sp³-hybridized carbons (Fsp3) is 0.304. The van der Waals surface area contributed by atoms with Gasteiger partial charge in [0, 0.05) is 18.9 Å². The fourth-order valence-corrected chi connectivity index (χ4v) is 4.46. The topological polar surface area (TPSA) is 55.7 Å². The van der Waals surface area contributed by atoms with E-state index in [1.54, 1.807) is 0 Å². The Morgan fingerprint density at radius 3 is 2.46 bits per heavy atom. The molecule has 6 rings (SSSR count). The number of nitrogens with one attached hydrogen (secondary N) is 2. The Labute approximate surface area is 163 Å². The molecule has 28 heavy (non-hydrogen) atoms. The highest BCUT2D eigenvalue weighted by atomic mass is 16.7.